The summed E-state index contributed by atoms with van der Waals surface area (Å²) in [5, 5.41) is 6.36. The van der Waals surface area contributed by atoms with Gasteiger partial charge in [-0.15, -0.1) is 0 Å². The number of methoxy groups -OCH3 is 2. The summed E-state index contributed by atoms with van der Waals surface area (Å²) >= 11 is 0. The van der Waals surface area contributed by atoms with Gasteiger partial charge in [-0.1, -0.05) is 42.0 Å². The number of anilines is 1. The van der Waals surface area contributed by atoms with Gasteiger partial charge in [0.25, 0.3) is 0 Å². The fourth-order valence-corrected chi connectivity index (χ4v) is 3.18. The number of carbonyl (C=O) groups is 1. The van der Waals surface area contributed by atoms with Gasteiger partial charge in [-0.3, -0.25) is 4.79 Å². The van der Waals surface area contributed by atoms with Gasteiger partial charge in [0.05, 0.1) is 20.6 Å². The lowest BCUT2D eigenvalue weighted by Crippen LogP contribution is -2.24. The Labute approximate surface area is 178 Å². The Morgan fingerprint density at radius 2 is 1.50 bits per heavy atom. The molecular weight excluding hydrogens is 376 g/mol. The average Bonchev–Trinajstić information content (AvgIpc) is 2.77. The van der Waals surface area contributed by atoms with Gasteiger partial charge in [0.15, 0.2) is 0 Å². The highest BCUT2D eigenvalue weighted by molar-refractivity contribution is 5.78. The Hall–Kier alpha value is -3.47. The second-order valence-corrected chi connectivity index (χ2v) is 7.21. The number of hydrogen-bond acceptors (Lipinski definition) is 4. The molecule has 0 aliphatic carbocycles. The molecule has 30 heavy (non-hydrogen) atoms. The van der Waals surface area contributed by atoms with E-state index in [9.17, 15) is 4.79 Å². The van der Waals surface area contributed by atoms with Crippen LogP contribution in [0.15, 0.2) is 66.7 Å². The van der Waals surface area contributed by atoms with Gasteiger partial charge in [0, 0.05) is 24.8 Å². The molecule has 0 radical (unpaired) electrons. The first-order valence-electron chi connectivity index (χ1n) is 9.92. The lowest BCUT2D eigenvalue weighted by atomic mass is 10.1. The Kier molecular flexibility index (Phi) is 7.33. The highest BCUT2D eigenvalue weighted by Gasteiger charge is 2.05. The third-order valence-corrected chi connectivity index (χ3v) is 4.80. The van der Waals surface area contributed by atoms with Gasteiger partial charge < -0.3 is 20.1 Å². The van der Waals surface area contributed by atoms with Gasteiger partial charge in [0.2, 0.25) is 5.91 Å². The maximum Gasteiger partial charge on any atom is 0.224 e. The van der Waals surface area contributed by atoms with Gasteiger partial charge >= 0.3 is 0 Å². The quantitative estimate of drug-likeness (QED) is 0.552. The largest absolute Gasteiger partial charge is 0.497 e. The van der Waals surface area contributed by atoms with E-state index in [1.165, 1.54) is 5.56 Å². The Morgan fingerprint density at radius 1 is 0.800 bits per heavy atom. The summed E-state index contributed by atoms with van der Waals surface area (Å²) < 4.78 is 10.6. The molecule has 3 aromatic rings. The topological polar surface area (TPSA) is 59.6 Å². The monoisotopic (exact) mass is 404 g/mol. The summed E-state index contributed by atoms with van der Waals surface area (Å²) in [5.41, 5.74) is 5.33. The minimum Gasteiger partial charge on any atom is -0.497 e. The van der Waals surface area contributed by atoms with Gasteiger partial charge in [-0.2, -0.15) is 0 Å². The molecule has 2 N–H and O–H groups in total. The van der Waals surface area contributed by atoms with E-state index in [2.05, 4.69) is 16.7 Å². The van der Waals surface area contributed by atoms with E-state index in [0.29, 0.717) is 19.5 Å². The van der Waals surface area contributed by atoms with E-state index >= 15 is 0 Å². The van der Waals surface area contributed by atoms with E-state index < -0.39 is 0 Å². The van der Waals surface area contributed by atoms with Crippen molar-refractivity contribution in [3.8, 4) is 11.5 Å². The number of carbonyl (C=O) groups excluding carboxylic acids is 1. The average molecular weight is 405 g/mol. The molecule has 156 valence electrons. The smallest absolute Gasteiger partial charge is 0.224 e. The van der Waals surface area contributed by atoms with Crippen LogP contribution >= 0.6 is 0 Å². The standard InChI is InChI=1S/C25H28N2O3/c1-18-5-4-6-20(11-18)16-27-25(28)14-19-7-9-22(10-8-19)26-17-21-12-23(29-2)15-24(13-21)30-3/h4-13,15,26H,14,16-17H2,1-3H3,(H,27,28). The van der Waals surface area contributed by atoms with Crippen molar-refractivity contribution in [3.05, 3.63) is 89.0 Å². The predicted molar refractivity (Wildman–Crippen MR) is 120 cm³/mol. The molecule has 0 aromatic heterocycles. The number of hydrogen-bond donors (Lipinski definition) is 2. The van der Waals surface area contributed by atoms with E-state index in [0.717, 1.165) is 33.9 Å². The van der Waals surface area contributed by atoms with Crippen LogP contribution in [0.1, 0.15) is 22.3 Å². The van der Waals surface area contributed by atoms with Crippen LogP contribution in [0, 0.1) is 6.92 Å². The second-order valence-electron chi connectivity index (χ2n) is 7.21. The summed E-state index contributed by atoms with van der Waals surface area (Å²) in [6, 6.07) is 21.9. The van der Waals surface area contributed by atoms with Crippen molar-refractivity contribution in [2.24, 2.45) is 0 Å². The van der Waals surface area contributed by atoms with Crippen molar-refractivity contribution < 1.29 is 14.3 Å². The van der Waals surface area contributed by atoms with Crippen molar-refractivity contribution in [1.82, 2.24) is 5.32 Å². The van der Waals surface area contributed by atoms with Crippen LogP contribution in [0.4, 0.5) is 5.69 Å². The van der Waals surface area contributed by atoms with Crippen LogP contribution in [0.2, 0.25) is 0 Å². The number of aryl methyl sites for hydroxylation is 1. The van der Waals surface area contributed by atoms with E-state index in [1.807, 2.05) is 67.6 Å². The highest BCUT2D eigenvalue weighted by atomic mass is 16.5. The summed E-state index contributed by atoms with van der Waals surface area (Å²) in [4.78, 5) is 12.2. The Bertz CT molecular complexity index is 962. The predicted octanol–water partition coefficient (Wildman–Crippen LogP) is 4.48. The summed E-state index contributed by atoms with van der Waals surface area (Å²) in [6.45, 7) is 3.24. The highest BCUT2D eigenvalue weighted by Crippen LogP contribution is 2.23. The van der Waals surface area contributed by atoms with Crippen molar-refractivity contribution in [1.29, 1.82) is 0 Å². The fraction of sp³-hybridized carbons (Fsp3) is 0.240. The molecule has 0 spiro atoms. The van der Waals surface area contributed by atoms with Gasteiger partial charge in [-0.05, 0) is 47.9 Å². The van der Waals surface area contributed by atoms with Crippen LogP contribution < -0.4 is 20.1 Å². The van der Waals surface area contributed by atoms with Crippen molar-refractivity contribution >= 4 is 11.6 Å². The first-order chi connectivity index (χ1) is 14.6. The molecule has 3 aromatic carbocycles. The molecule has 0 heterocycles. The maximum absolute atomic E-state index is 12.2. The molecular formula is C25H28N2O3. The van der Waals surface area contributed by atoms with Crippen LogP contribution in [0.3, 0.4) is 0 Å². The normalized spacial score (nSPS) is 10.4. The maximum atomic E-state index is 12.2. The first kappa shape index (κ1) is 21.2. The van der Waals surface area contributed by atoms with E-state index in [1.54, 1.807) is 14.2 Å². The third-order valence-electron chi connectivity index (χ3n) is 4.80. The zero-order chi connectivity index (χ0) is 21.3. The minimum atomic E-state index is 0.0145. The molecule has 0 unspecified atom stereocenters. The molecule has 0 aliphatic heterocycles. The number of benzene rings is 3. The molecule has 0 bridgehead atoms. The molecule has 0 fully saturated rings. The van der Waals surface area contributed by atoms with Gasteiger partial charge in [-0.25, -0.2) is 0 Å². The van der Waals surface area contributed by atoms with E-state index in [-0.39, 0.29) is 5.91 Å². The second kappa shape index (κ2) is 10.3. The molecule has 5 nitrogen and oxygen atoms in total. The Morgan fingerprint density at radius 3 is 2.13 bits per heavy atom. The molecule has 3 rings (SSSR count). The molecule has 0 aliphatic rings. The zero-order valence-corrected chi connectivity index (χ0v) is 17.7. The van der Waals surface area contributed by atoms with Crippen LogP contribution in [-0.2, 0) is 24.3 Å². The third kappa shape index (κ3) is 6.27. The molecule has 0 saturated carbocycles. The minimum absolute atomic E-state index is 0.0145. The first-order valence-corrected chi connectivity index (χ1v) is 9.92. The number of nitrogens with one attached hydrogen (secondary N) is 2. The fourth-order valence-electron chi connectivity index (χ4n) is 3.18. The lowest BCUT2D eigenvalue weighted by Gasteiger charge is -2.11. The van der Waals surface area contributed by atoms with Crippen molar-refractivity contribution in [3.63, 3.8) is 0 Å². The van der Waals surface area contributed by atoms with Crippen LogP contribution in [-0.4, -0.2) is 20.1 Å². The number of ether oxygens (including phenoxy) is 2. The molecule has 0 atom stereocenters. The summed E-state index contributed by atoms with van der Waals surface area (Å²) in [5.74, 6) is 1.54. The van der Waals surface area contributed by atoms with Gasteiger partial charge in [0.1, 0.15) is 11.5 Å². The summed E-state index contributed by atoms with van der Waals surface area (Å²) in [7, 11) is 3.28. The summed E-state index contributed by atoms with van der Waals surface area (Å²) in [6.07, 6.45) is 0.360. The molecule has 0 saturated heterocycles. The van der Waals surface area contributed by atoms with E-state index in [4.69, 9.17) is 9.47 Å². The SMILES string of the molecule is COc1cc(CNc2ccc(CC(=O)NCc3cccc(C)c3)cc2)cc(OC)c1. The number of amides is 1. The molecule has 1 amide bonds. The van der Waals surface area contributed by atoms with Crippen LogP contribution in [0.25, 0.3) is 0 Å². The lowest BCUT2D eigenvalue weighted by molar-refractivity contribution is -0.120. The zero-order valence-electron chi connectivity index (χ0n) is 17.7. The number of rotatable bonds is 9. The Balaban J connectivity index is 1.50. The van der Waals surface area contributed by atoms with Crippen molar-refractivity contribution in [2.75, 3.05) is 19.5 Å². The van der Waals surface area contributed by atoms with Crippen LogP contribution in [0.5, 0.6) is 11.5 Å². The van der Waals surface area contributed by atoms with Crippen molar-refractivity contribution in [2.45, 2.75) is 26.4 Å². The molecule has 5 heteroatoms.